The maximum absolute atomic E-state index is 14.5. The van der Waals surface area contributed by atoms with E-state index >= 15 is 0 Å². The van der Waals surface area contributed by atoms with Gasteiger partial charge in [0.25, 0.3) is 5.91 Å². The topological polar surface area (TPSA) is 76.7 Å². The van der Waals surface area contributed by atoms with E-state index in [4.69, 9.17) is 9.47 Å². The summed E-state index contributed by atoms with van der Waals surface area (Å²) in [5, 5.41) is 6.06. The minimum atomic E-state index is -4.87. The van der Waals surface area contributed by atoms with E-state index in [9.17, 15) is 31.3 Å². The highest BCUT2D eigenvalue weighted by Gasteiger charge is 2.66. The summed E-state index contributed by atoms with van der Waals surface area (Å²) in [6.07, 6.45) is -5.85. The number of carbonyl (C=O) groups is 1. The second kappa shape index (κ2) is 10.8. The van der Waals surface area contributed by atoms with Crippen molar-refractivity contribution in [2.45, 2.75) is 51.5 Å². The van der Waals surface area contributed by atoms with Crippen LogP contribution >= 0.6 is 7.14 Å². The molecular weight excluding hydrogens is 530 g/mol. The van der Waals surface area contributed by atoms with Gasteiger partial charge in [-0.15, -0.1) is 0 Å². The van der Waals surface area contributed by atoms with Crippen LogP contribution in [0.4, 0.5) is 33.3 Å². The normalized spacial score (nSPS) is 23.8. The Bertz CT molecular complexity index is 1250. The van der Waals surface area contributed by atoms with Crippen molar-refractivity contribution in [2.75, 3.05) is 37.1 Å². The lowest BCUT2D eigenvalue weighted by molar-refractivity contribution is -0.272. The van der Waals surface area contributed by atoms with Gasteiger partial charge in [0.05, 0.1) is 7.11 Å². The fourth-order valence-corrected chi connectivity index (χ4v) is 7.10. The summed E-state index contributed by atoms with van der Waals surface area (Å²) in [6, 6.07) is 6.55. The van der Waals surface area contributed by atoms with Gasteiger partial charge in [0, 0.05) is 53.5 Å². The molecule has 1 heterocycles. The molecule has 0 spiro atoms. The van der Waals surface area contributed by atoms with Crippen LogP contribution in [0.5, 0.6) is 5.75 Å². The van der Waals surface area contributed by atoms with Gasteiger partial charge < -0.3 is 24.7 Å². The van der Waals surface area contributed by atoms with Gasteiger partial charge in [-0.25, -0.2) is 4.39 Å². The SMILES string of the molecule is CCP(=O)(CC)c1cc(NC(=O)C2OC(C)(C(F)(F)F)C(C)C2c2ccc(F)c(F)c2OC)ccc1NC. The Morgan fingerprint density at radius 1 is 1.16 bits per heavy atom. The van der Waals surface area contributed by atoms with Crippen LogP contribution in [0.1, 0.15) is 39.2 Å². The minimum Gasteiger partial charge on any atom is -0.493 e. The lowest BCUT2D eigenvalue weighted by atomic mass is 9.77. The lowest BCUT2D eigenvalue weighted by Crippen LogP contribution is -2.47. The number of ether oxygens (including phenoxy) is 2. The maximum Gasteiger partial charge on any atom is 0.417 e. The Kier molecular flexibility index (Phi) is 8.53. The number of hydrogen-bond acceptors (Lipinski definition) is 5. The maximum atomic E-state index is 14.5. The molecular formula is C26H32F5N2O4P. The van der Waals surface area contributed by atoms with Gasteiger partial charge in [0.2, 0.25) is 5.82 Å². The van der Waals surface area contributed by atoms with E-state index < -0.39 is 60.2 Å². The zero-order valence-electron chi connectivity index (χ0n) is 22.0. The Balaban J connectivity index is 2.09. The summed E-state index contributed by atoms with van der Waals surface area (Å²) < 4.78 is 94.8. The predicted molar refractivity (Wildman–Crippen MR) is 137 cm³/mol. The van der Waals surface area contributed by atoms with Crippen molar-refractivity contribution in [2.24, 2.45) is 5.92 Å². The number of alkyl halides is 3. The second-order valence-electron chi connectivity index (χ2n) is 9.43. The first-order valence-corrected chi connectivity index (χ1v) is 14.2. The Morgan fingerprint density at radius 2 is 1.79 bits per heavy atom. The Hall–Kier alpha value is -2.65. The summed E-state index contributed by atoms with van der Waals surface area (Å²) in [5.41, 5.74) is -2.08. The molecule has 2 N–H and O–H groups in total. The number of amides is 1. The van der Waals surface area contributed by atoms with E-state index in [1.807, 2.05) is 0 Å². The molecule has 2 aromatic rings. The van der Waals surface area contributed by atoms with E-state index in [0.717, 1.165) is 26.2 Å². The smallest absolute Gasteiger partial charge is 0.417 e. The molecule has 0 bridgehead atoms. The van der Waals surface area contributed by atoms with Crippen LogP contribution in [-0.4, -0.2) is 50.3 Å². The number of nitrogens with one attached hydrogen (secondary N) is 2. The monoisotopic (exact) mass is 562 g/mol. The highest BCUT2D eigenvalue weighted by atomic mass is 31.2. The molecule has 38 heavy (non-hydrogen) atoms. The van der Waals surface area contributed by atoms with Crippen LogP contribution in [0.2, 0.25) is 0 Å². The molecule has 3 rings (SSSR count). The number of halogens is 5. The third-order valence-electron chi connectivity index (χ3n) is 7.57. The molecule has 1 saturated heterocycles. The van der Waals surface area contributed by atoms with Crippen molar-refractivity contribution in [3.05, 3.63) is 47.5 Å². The molecule has 210 valence electrons. The first kappa shape index (κ1) is 29.9. The quantitative estimate of drug-likeness (QED) is 0.300. The van der Waals surface area contributed by atoms with Crippen molar-refractivity contribution in [3.8, 4) is 5.75 Å². The van der Waals surface area contributed by atoms with Crippen LogP contribution in [0.3, 0.4) is 0 Å². The third-order valence-corrected chi connectivity index (χ3v) is 10.9. The molecule has 4 unspecified atom stereocenters. The van der Waals surface area contributed by atoms with Gasteiger partial charge in [-0.05, 0) is 31.2 Å². The molecule has 0 saturated carbocycles. The van der Waals surface area contributed by atoms with Crippen molar-refractivity contribution < 1.29 is 40.8 Å². The van der Waals surface area contributed by atoms with Crippen LogP contribution in [0, 0.1) is 17.6 Å². The molecule has 1 aliphatic heterocycles. The molecule has 12 heteroatoms. The van der Waals surface area contributed by atoms with Crippen LogP contribution < -0.4 is 20.7 Å². The highest BCUT2D eigenvalue weighted by molar-refractivity contribution is 7.71. The average Bonchev–Trinajstić information content (AvgIpc) is 3.16. The summed E-state index contributed by atoms with van der Waals surface area (Å²) in [4.78, 5) is 13.5. The van der Waals surface area contributed by atoms with Gasteiger partial charge in [0.1, 0.15) is 13.2 Å². The molecule has 0 aliphatic carbocycles. The molecule has 1 fully saturated rings. The minimum absolute atomic E-state index is 0.125. The number of hydrogen-bond donors (Lipinski definition) is 2. The summed E-state index contributed by atoms with van der Waals surface area (Å²) >= 11 is 0. The Morgan fingerprint density at radius 3 is 2.32 bits per heavy atom. The molecule has 0 radical (unpaired) electrons. The van der Waals surface area contributed by atoms with Gasteiger partial charge in [-0.2, -0.15) is 17.6 Å². The summed E-state index contributed by atoms with van der Waals surface area (Å²) in [7, 11) is -0.0796. The van der Waals surface area contributed by atoms with Crippen molar-refractivity contribution in [1.82, 2.24) is 0 Å². The first-order valence-electron chi connectivity index (χ1n) is 12.2. The third kappa shape index (κ3) is 5.02. The fourth-order valence-electron chi connectivity index (χ4n) is 4.98. The summed E-state index contributed by atoms with van der Waals surface area (Å²) in [5.74, 6) is -6.85. The average molecular weight is 563 g/mol. The van der Waals surface area contributed by atoms with Crippen molar-refractivity contribution in [1.29, 1.82) is 0 Å². The zero-order chi connectivity index (χ0) is 28.6. The van der Waals surface area contributed by atoms with Gasteiger partial charge in [-0.1, -0.05) is 26.8 Å². The van der Waals surface area contributed by atoms with E-state index in [0.29, 0.717) is 23.3 Å². The van der Waals surface area contributed by atoms with Crippen LogP contribution in [-0.2, 0) is 14.1 Å². The Labute approximate surface area is 218 Å². The van der Waals surface area contributed by atoms with Crippen LogP contribution in [0.15, 0.2) is 30.3 Å². The highest BCUT2D eigenvalue weighted by Crippen LogP contribution is 2.55. The summed E-state index contributed by atoms with van der Waals surface area (Å²) in [6.45, 7) is 5.65. The number of carbonyl (C=O) groups excluding carboxylic acids is 1. The molecule has 6 nitrogen and oxygen atoms in total. The lowest BCUT2D eigenvalue weighted by Gasteiger charge is -2.32. The molecule has 2 aromatic carbocycles. The van der Waals surface area contributed by atoms with E-state index in [1.165, 1.54) is 19.1 Å². The molecule has 1 aliphatic rings. The standard InChI is InChI=1S/C26H32F5N2O4P/c1-7-38(35,8-2)19-13-15(9-12-18(19)32-5)33-24(34)23-20(14(3)25(4,37-23)26(29,30)31)16-10-11-17(27)21(28)22(16)36-6/h9-14,20,23,32H,7-8H2,1-6H3,(H,33,34). The number of methoxy groups -OCH3 is 1. The largest absolute Gasteiger partial charge is 0.493 e. The van der Waals surface area contributed by atoms with Gasteiger partial charge in [-0.3, -0.25) is 4.79 Å². The van der Waals surface area contributed by atoms with E-state index in [1.54, 1.807) is 27.0 Å². The van der Waals surface area contributed by atoms with E-state index in [-0.39, 0.29) is 11.3 Å². The zero-order valence-corrected chi connectivity index (χ0v) is 22.9. The predicted octanol–water partition coefficient (Wildman–Crippen LogP) is 6.12. The molecule has 1 amide bonds. The van der Waals surface area contributed by atoms with Crippen molar-refractivity contribution in [3.63, 3.8) is 0 Å². The number of rotatable bonds is 8. The van der Waals surface area contributed by atoms with Crippen LogP contribution in [0.25, 0.3) is 0 Å². The first-order chi connectivity index (χ1) is 17.7. The molecule has 4 atom stereocenters. The van der Waals surface area contributed by atoms with Gasteiger partial charge in [0.15, 0.2) is 17.2 Å². The van der Waals surface area contributed by atoms with Gasteiger partial charge >= 0.3 is 6.18 Å². The second-order valence-corrected chi connectivity index (χ2v) is 13.0. The van der Waals surface area contributed by atoms with E-state index in [2.05, 4.69) is 10.6 Å². The molecule has 0 aromatic heterocycles. The van der Waals surface area contributed by atoms with Crippen molar-refractivity contribution >= 4 is 29.7 Å². The number of benzene rings is 2. The fraction of sp³-hybridized carbons (Fsp3) is 0.500. The number of anilines is 2.